The molecule has 1 fully saturated rings. The Morgan fingerprint density at radius 1 is 1.19 bits per heavy atom. The van der Waals surface area contributed by atoms with Gasteiger partial charge in [-0.2, -0.15) is 0 Å². The van der Waals surface area contributed by atoms with E-state index in [0.29, 0.717) is 11.4 Å². The number of H-pyrrole nitrogens is 1. The number of benzene rings is 1. The van der Waals surface area contributed by atoms with Crippen LogP contribution in [0.25, 0.3) is 0 Å². The number of nitrogens with one attached hydrogen (secondary N) is 1. The van der Waals surface area contributed by atoms with Crippen LogP contribution in [-0.4, -0.2) is 42.0 Å². The Hall–Kier alpha value is -2.43. The quantitative estimate of drug-likeness (QED) is 0.884. The number of hydrogen-bond acceptors (Lipinski definition) is 3. The number of rotatable bonds is 2. The van der Waals surface area contributed by atoms with Crippen molar-refractivity contribution in [1.82, 2.24) is 9.88 Å². The fourth-order valence-corrected chi connectivity index (χ4v) is 2.70. The lowest BCUT2D eigenvalue weighted by Gasteiger charge is -2.36. The van der Waals surface area contributed by atoms with E-state index in [9.17, 15) is 4.79 Å². The van der Waals surface area contributed by atoms with Crippen LogP contribution in [0.5, 0.6) is 0 Å². The van der Waals surface area contributed by atoms with Crippen LogP contribution in [0.2, 0.25) is 0 Å². The van der Waals surface area contributed by atoms with Gasteiger partial charge < -0.3 is 20.5 Å². The van der Waals surface area contributed by atoms with E-state index in [1.807, 2.05) is 4.90 Å². The predicted molar refractivity (Wildman–Crippen MR) is 84.5 cm³/mol. The van der Waals surface area contributed by atoms with Crippen molar-refractivity contribution in [3.8, 4) is 0 Å². The number of aryl methyl sites for hydroxylation is 1. The van der Waals surface area contributed by atoms with Crippen molar-refractivity contribution in [2.75, 3.05) is 36.8 Å². The highest BCUT2D eigenvalue weighted by Gasteiger charge is 2.23. The Balaban J connectivity index is 1.64. The average Bonchev–Trinajstić information content (AvgIpc) is 2.93. The monoisotopic (exact) mass is 284 g/mol. The van der Waals surface area contributed by atoms with E-state index >= 15 is 0 Å². The lowest BCUT2D eigenvalue weighted by molar-refractivity contribution is 0.0741. The van der Waals surface area contributed by atoms with Gasteiger partial charge in [0.15, 0.2) is 0 Å². The minimum absolute atomic E-state index is 0.0237. The first-order chi connectivity index (χ1) is 10.1. The number of amides is 1. The maximum Gasteiger partial charge on any atom is 0.270 e. The molecule has 0 unspecified atom stereocenters. The van der Waals surface area contributed by atoms with Gasteiger partial charge >= 0.3 is 0 Å². The van der Waals surface area contributed by atoms with E-state index < -0.39 is 0 Å². The number of nitrogen functional groups attached to an aromatic ring is 1. The molecular formula is C16H20N4O. The standard InChI is InChI=1S/C16H20N4O/c1-12-3-2-4-14(9-12)19-5-7-20(8-6-19)16(21)15-10-13(17)11-18-15/h2-4,9-11,18H,5-8,17H2,1H3. The summed E-state index contributed by atoms with van der Waals surface area (Å²) in [5, 5.41) is 0. The molecule has 0 bridgehead atoms. The van der Waals surface area contributed by atoms with Crippen molar-refractivity contribution in [3.63, 3.8) is 0 Å². The third kappa shape index (κ3) is 2.86. The number of hydrogen-bond donors (Lipinski definition) is 2. The van der Waals surface area contributed by atoms with E-state index in [4.69, 9.17) is 5.73 Å². The fourth-order valence-electron chi connectivity index (χ4n) is 2.70. The van der Waals surface area contributed by atoms with Gasteiger partial charge in [-0.15, -0.1) is 0 Å². The van der Waals surface area contributed by atoms with E-state index in [1.165, 1.54) is 11.3 Å². The van der Waals surface area contributed by atoms with E-state index in [-0.39, 0.29) is 5.91 Å². The summed E-state index contributed by atoms with van der Waals surface area (Å²) in [5.74, 6) is 0.0237. The van der Waals surface area contributed by atoms with Gasteiger partial charge in [-0.3, -0.25) is 4.79 Å². The first kappa shape index (κ1) is 13.5. The van der Waals surface area contributed by atoms with Crippen molar-refractivity contribution in [2.24, 2.45) is 0 Å². The van der Waals surface area contributed by atoms with Crippen LogP contribution >= 0.6 is 0 Å². The van der Waals surface area contributed by atoms with Crippen LogP contribution in [-0.2, 0) is 0 Å². The van der Waals surface area contributed by atoms with Crippen molar-refractivity contribution in [1.29, 1.82) is 0 Å². The first-order valence-corrected chi connectivity index (χ1v) is 7.18. The molecule has 0 spiro atoms. The highest BCUT2D eigenvalue weighted by Crippen LogP contribution is 2.18. The van der Waals surface area contributed by atoms with Crippen molar-refractivity contribution in [2.45, 2.75) is 6.92 Å². The summed E-state index contributed by atoms with van der Waals surface area (Å²) in [6.45, 7) is 5.26. The highest BCUT2D eigenvalue weighted by molar-refractivity contribution is 5.93. The number of nitrogens with zero attached hydrogens (tertiary/aromatic N) is 2. The van der Waals surface area contributed by atoms with Gasteiger partial charge in [-0.05, 0) is 30.7 Å². The minimum atomic E-state index is 0.0237. The third-order valence-electron chi connectivity index (χ3n) is 3.87. The second kappa shape index (κ2) is 5.52. The summed E-state index contributed by atoms with van der Waals surface area (Å²) in [6, 6.07) is 10.2. The van der Waals surface area contributed by atoms with Crippen LogP contribution in [0.4, 0.5) is 11.4 Å². The van der Waals surface area contributed by atoms with Gasteiger partial charge in [-0.1, -0.05) is 12.1 Å². The molecule has 3 rings (SSSR count). The Bertz CT molecular complexity index is 641. The molecule has 1 amide bonds. The normalized spacial score (nSPS) is 15.3. The number of nitrogens with two attached hydrogens (primary N) is 1. The molecule has 2 aromatic rings. The second-order valence-corrected chi connectivity index (χ2v) is 5.46. The summed E-state index contributed by atoms with van der Waals surface area (Å²) in [4.78, 5) is 19.4. The van der Waals surface area contributed by atoms with Gasteiger partial charge in [-0.25, -0.2) is 0 Å². The molecule has 5 heteroatoms. The van der Waals surface area contributed by atoms with Gasteiger partial charge in [0.25, 0.3) is 5.91 Å². The Morgan fingerprint density at radius 2 is 1.95 bits per heavy atom. The Kier molecular flexibility index (Phi) is 3.56. The summed E-state index contributed by atoms with van der Waals surface area (Å²) in [6.07, 6.45) is 1.65. The van der Waals surface area contributed by atoms with Gasteiger partial charge in [0.05, 0.1) is 0 Å². The predicted octanol–water partition coefficient (Wildman–Crippen LogP) is 1.87. The number of aromatic nitrogens is 1. The molecule has 1 aromatic carbocycles. The highest BCUT2D eigenvalue weighted by atomic mass is 16.2. The number of piperazine rings is 1. The summed E-state index contributed by atoms with van der Waals surface area (Å²) < 4.78 is 0. The van der Waals surface area contributed by atoms with Crippen LogP contribution in [0.15, 0.2) is 36.5 Å². The smallest absolute Gasteiger partial charge is 0.270 e. The Morgan fingerprint density at radius 3 is 2.57 bits per heavy atom. The number of aromatic amines is 1. The summed E-state index contributed by atoms with van der Waals surface area (Å²) in [5.41, 5.74) is 9.29. The zero-order valence-corrected chi connectivity index (χ0v) is 12.2. The lowest BCUT2D eigenvalue weighted by Crippen LogP contribution is -2.48. The number of carbonyl (C=O) groups is 1. The van der Waals surface area contributed by atoms with Gasteiger partial charge in [0.1, 0.15) is 5.69 Å². The van der Waals surface area contributed by atoms with Gasteiger partial charge in [0, 0.05) is 43.8 Å². The lowest BCUT2D eigenvalue weighted by atomic mass is 10.2. The zero-order chi connectivity index (χ0) is 14.8. The molecule has 1 saturated heterocycles. The molecule has 5 nitrogen and oxygen atoms in total. The third-order valence-corrected chi connectivity index (χ3v) is 3.87. The molecule has 1 aliphatic rings. The molecule has 2 heterocycles. The topological polar surface area (TPSA) is 65.4 Å². The molecule has 0 saturated carbocycles. The molecule has 0 radical (unpaired) electrons. The Labute approximate surface area is 124 Å². The zero-order valence-electron chi connectivity index (χ0n) is 12.2. The average molecular weight is 284 g/mol. The molecule has 0 atom stereocenters. The SMILES string of the molecule is Cc1cccc(N2CCN(C(=O)c3cc(N)c[nH]3)CC2)c1. The molecule has 3 N–H and O–H groups in total. The van der Waals surface area contributed by atoms with E-state index in [1.54, 1.807) is 12.3 Å². The second-order valence-electron chi connectivity index (χ2n) is 5.46. The summed E-state index contributed by atoms with van der Waals surface area (Å²) >= 11 is 0. The summed E-state index contributed by atoms with van der Waals surface area (Å²) in [7, 11) is 0. The molecule has 0 aliphatic carbocycles. The van der Waals surface area contributed by atoms with Crippen molar-refractivity contribution in [3.05, 3.63) is 47.8 Å². The van der Waals surface area contributed by atoms with Crippen LogP contribution in [0.3, 0.4) is 0 Å². The molecule has 21 heavy (non-hydrogen) atoms. The molecule has 1 aliphatic heterocycles. The molecule has 1 aromatic heterocycles. The van der Waals surface area contributed by atoms with Crippen LogP contribution in [0, 0.1) is 6.92 Å². The van der Waals surface area contributed by atoms with Crippen LogP contribution in [0.1, 0.15) is 16.1 Å². The number of anilines is 2. The minimum Gasteiger partial charge on any atom is -0.397 e. The largest absolute Gasteiger partial charge is 0.397 e. The van der Waals surface area contributed by atoms with Crippen molar-refractivity contribution >= 4 is 17.3 Å². The van der Waals surface area contributed by atoms with E-state index in [2.05, 4.69) is 41.1 Å². The van der Waals surface area contributed by atoms with Crippen LogP contribution < -0.4 is 10.6 Å². The fraction of sp³-hybridized carbons (Fsp3) is 0.312. The van der Waals surface area contributed by atoms with Crippen molar-refractivity contribution < 1.29 is 4.79 Å². The van der Waals surface area contributed by atoms with Gasteiger partial charge in [0.2, 0.25) is 0 Å². The first-order valence-electron chi connectivity index (χ1n) is 7.18. The van der Waals surface area contributed by atoms with E-state index in [0.717, 1.165) is 26.2 Å². The maximum absolute atomic E-state index is 12.3. The molecular weight excluding hydrogens is 264 g/mol. The maximum atomic E-state index is 12.3. The number of carbonyl (C=O) groups excluding carboxylic acids is 1. The molecule has 110 valence electrons.